The van der Waals surface area contributed by atoms with E-state index in [9.17, 15) is 8.78 Å². The lowest BCUT2D eigenvalue weighted by Crippen LogP contribution is -2.45. The fraction of sp³-hybridized carbons (Fsp3) is 1.00. The Bertz CT molecular complexity index is 188. The first-order valence-electron chi connectivity index (χ1n) is 5.28. The molecule has 0 radical (unpaired) electrons. The third kappa shape index (κ3) is 3.19. The standard InChI is InChI=1S/C11H21F2N/c1-11(2,3)6-8-5-10(13)14(4)7-9(8)12/h8-10H,5-7H2,1-4H3. The van der Waals surface area contributed by atoms with Gasteiger partial charge in [0.1, 0.15) is 6.17 Å². The SMILES string of the molecule is CN1CC(F)C(CC(C)(C)C)CC1F. The molecule has 1 nitrogen and oxygen atoms in total. The molecule has 3 atom stereocenters. The molecule has 0 spiro atoms. The van der Waals surface area contributed by atoms with Gasteiger partial charge in [-0.15, -0.1) is 0 Å². The third-order valence-corrected chi connectivity index (χ3v) is 2.82. The predicted octanol–water partition coefficient (Wildman–Crippen LogP) is 3.01. The number of halogens is 2. The molecule has 0 amide bonds. The average Bonchev–Trinajstić information content (AvgIpc) is 1.97. The molecule has 1 saturated heterocycles. The fourth-order valence-corrected chi connectivity index (χ4v) is 2.11. The molecule has 3 unspecified atom stereocenters. The summed E-state index contributed by atoms with van der Waals surface area (Å²) >= 11 is 0. The number of hydrogen-bond acceptors (Lipinski definition) is 1. The quantitative estimate of drug-likeness (QED) is 0.595. The van der Waals surface area contributed by atoms with Crippen LogP contribution in [0.25, 0.3) is 0 Å². The normalized spacial score (nSPS) is 36.0. The number of alkyl halides is 2. The predicted molar refractivity (Wildman–Crippen MR) is 54.6 cm³/mol. The molecule has 1 fully saturated rings. The molecule has 1 rings (SSSR count). The van der Waals surface area contributed by atoms with Gasteiger partial charge in [-0.05, 0) is 31.2 Å². The Hall–Kier alpha value is -0.180. The Morgan fingerprint density at radius 3 is 2.36 bits per heavy atom. The van der Waals surface area contributed by atoms with Crippen molar-refractivity contribution in [3.05, 3.63) is 0 Å². The van der Waals surface area contributed by atoms with Gasteiger partial charge in [-0.25, -0.2) is 8.78 Å². The van der Waals surface area contributed by atoms with Crippen LogP contribution in [-0.2, 0) is 0 Å². The maximum absolute atomic E-state index is 13.6. The molecule has 0 bridgehead atoms. The highest BCUT2D eigenvalue weighted by atomic mass is 19.1. The minimum absolute atomic E-state index is 0.0879. The molecule has 0 aromatic carbocycles. The first kappa shape index (κ1) is 11.9. The Morgan fingerprint density at radius 1 is 1.29 bits per heavy atom. The van der Waals surface area contributed by atoms with Gasteiger partial charge in [-0.2, -0.15) is 0 Å². The van der Waals surface area contributed by atoms with Crippen molar-refractivity contribution in [3.8, 4) is 0 Å². The lowest BCUT2D eigenvalue weighted by atomic mass is 9.79. The van der Waals surface area contributed by atoms with Crippen molar-refractivity contribution >= 4 is 0 Å². The van der Waals surface area contributed by atoms with Gasteiger partial charge in [0.15, 0.2) is 6.30 Å². The molecular formula is C11H21F2N. The van der Waals surface area contributed by atoms with Gasteiger partial charge in [0.05, 0.1) is 0 Å². The van der Waals surface area contributed by atoms with Gasteiger partial charge >= 0.3 is 0 Å². The van der Waals surface area contributed by atoms with Crippen LogP contribution in [0.1, 0.15) is 33.6 Å². The van der Waals surface area contributed by atoms with E-state index in [0.717, 1.165) is 6.42 Å². The summed E-state index contributed by atoms with van der Waals surface area (Å²) in [6.07, 6.45) is -0.724. The molecule has 0 aromatic rings. The largest absolute Gasteiger partial charge is 0.274 e. The van der Waals surface area contributed by atoms with E-state index < -0.39 is 12.5 Å². The third-order valence-electron chi connectivity index (χ3n) is 2.82. The van der Waals surface area contributed by atoms with E-state index >= 15 is 0 Å². The van der Waals surface area contributed by atoms with Crippen molar-refractivity contribution in [2.75, 3.05) is 13.6 Å². The fourth-order valence-electron chi connectivity index (χ4n) is 2.11. The minimum Gasteiger partial charge on any atom is -0.274 e. The topological polar surface area (TPSA) is 3.24 Å². The molecule has 1 aliphatic heterocycles. The van der Waals surface area contributed by atoms with Crippen LogP contribution in [0, 0.1) is 11.3 Å². The molecule has 0 N–H and O–H groups in total. The highest BCUT2D eigenvalue weighted by Gasteiger charge is 2.35. The Balaban J connectivity index is 2.53. The summed E-state index contributed by atoms with van der Waals surface area (Å²) in [7, 11) is 1.64. The Labute approximate surface area is 85.5 Å². The summed E-state index contributed by atoms with van der Waals surface area (Å²) in [5.74, 6) is -0.110. The highest BCUT2D eigenvalue weighted by Crippen LogP contribution is 2.34. The van der Waals surface area contributed by atoms with E-state index in [1.165, 1.54) is 4.90 Å². The van der Waals surface area contributed by atoms with Crippen LogP contribution in [-0.4, -0.2) is 31.0 Å². The molecule has 14 heavy (non-hydrogen) atoms. The van der Waals surface area contributed by atoms with Crippen LogP contribution < -0.4 is 0 Å². The van der Waals surface area contributed by atoms with E-state index in [-0.39, 0.29) is 17.9 Å². The average molecular weight is 205 g/mol. The zero-order valence-corrected chi connectivity index (χ0v) is 9.56. The molecule has 1 heterocycles. The van der Waals surface area contributed by atoms with Crippen LogP contribution in [0.2, 0.25) is 0 Å². The van der Waals surface area contributed by atoms with Crippen molar-refractivity contribution in [2.24, 2.45) is 11.3 Å². The second-order valence-electron chi connectivity index (χ2n) is 5.65. The van der Waals surface area contributed by atoms with E-state index in [4.69, 9.17) is 0 Å². The molecular weight excluding hydrogens is 184 g/mol. The summed E-state index contributed by atoms with van der Waals surface area (Å²) in [6.45, 7) is 6.46. The summed E-state index contributed by atoms with van der Waals surface area (Å²) in [5.41, 5.74) is 0.0879. The van der Waals surface area contributed by atoms with E-state index in [1.807, 2.05) is 0 Å². The number of likely N-dealkylation sites (tertiary alicyclic amines) is 1. The number of hydrogen-bond donors (Lipinski definition) is 0. The Morgan fingerprint density at radius 2 is 1.86 bits per heavy atom. The number of nitrogens with zero attached hydrogens (tertiary/aromatic N) is 1. The van der Waals surface area contributed by atoms with Crippen LogP contribution in [0.15, 0.2) is 0 Å². The summed E-state index contributed by atoms with van der Waals surface area (Å²) in [5, 5.41) is 0. The monoisotopic (exact) mass is 205 g/mol. The number of piperidine rings is 1. The molecule has 3 heteroatoms. The lowest BCUT2D eigenvalue weighted by Gasteiger charge is -2.37. The Kier molecular flexibility index (Phi) is 3.51. The first-order valence-corrected chi connectivity index (χ1v) is 5.28. The minimum atomic E-state index is -0.964. The molecule has 0 aliphatic carbocycles. The molecule has 84 valence electrons. The zero-order chi connectivity index (χ0) is 10.9. The lowest BCUT2D eigenvalue weighted by molar-refractivity contribution is -0.0182. The molecule has 1 aliphatic rings. The van der Waals surface area contributed by atoms with E-state index in [1.54, 1.807) is 7.05 Å². The zero-order valence-electron chi connectivity index (χ0n) is 9.56. The smallest absolute Gasteiger partial charge is 0.153 e. The van der Waals surface area contributed by atoms with E-state index in [0.29, 0.717) is 6.42 Å². The second-order valence-corrected chi connectivity index (χ2v) is 5.65. The maximum atomic E-state index is 13.6. The van der Waals surface area contributed by atoms with Crippen molar-refractivity contribution in [1.29, 1.82) is 0 Å². The molecule has 0 aromatic heterocycles. The number of rotatable bonds is 1. The summed E-state index contributed by atoms with van der Waals surface area (Å²) in [6, 6.07) is 0. The van der Waals surface area contributed by atoms with Crippen LogP contribution >= 0.6 is 0 Å². The van der Waals surface area contributed by atoms with Crippen LogP contribution in [0.3, 0.4) is 0 Å². The second kappa shape index (κ2) is 4.13. The highest BCUT2D eigenvalue weighted by molar-refractivity contribution is 4.84. The summed E-state index contributed by atoms with van der Waals surface area (Å²) in [4.78, 5) is 1.46. The first-order chi connectivity index (χ1) is 6.29. The van der Waals surface area contributed by atoms with Gasteiger partial charge < -0.3 is 0 Å². The van der Waals surface area contributed by atoms with Crippen molar-refractivity contribution in [3.63, 3.8) is 0 Å². The van der Waals surface area contributed by atoms with Crippen LogP contribution in [0.5, 0.6) is 0 Å². The van der Waals surface area contributed by atoms with Crippen molar-refractivity contribution < 1.29 is 8.78 Å². The van der Waals surface area contributed by atoms with Crippen molar-refractivity contribution in [1.82, 2.24) is 4.90 Å². The summed E-state index contributed by atoms with van der Waals surface area (Å²) < 4.78 is 26.9. The van der Waals surface area contributed by atoms with Gasteiger partial charge in [0.2, 0.25) is 0 Å². The maximum Gasteiger partial charge on any atom is 0.153 e. The van der Waals surface area contributed by atoms with Gasteiger partial charge in [-0.3, -0.25) is 4.90 Å². The van der Waals surface area contributed by atoms with Crippen LogP contribution in [0.4, 0.5) is 8.78 Å². The van der Waals surface area contributed by atoms with Crippen molar-refractivity contribution in [2.45, 2.75) is 46.1 Å². The molecule has 0 saturated carbocycles. The van der Waals surface area contributed by atoms with Gasteiger partial charge in [0.25, 0.3) is 0 Å². The van der Waals surface area contributed by atoms with E-state index in [2.05, 4.69) is 20.8 Å². The van der Waals surface area contributed by atoms with Gasteiger partial charge in [-0.1, -0.05) is 20.8 Å². The van der Waals surface area contributed by atoms with Gasteiger partial charge in [0, 0.05) is 6.54 Å².